The Kier molecular flexibility index (Phi) is 1.93. The Morgan fingerprint density at radius 3 is 3.08 bits per heavy atom. The van der Waals surface area contributed by atoms with Gasteiger partial charge in [-0.25, -0.2) is 4.79 Å². The van der Waals surface area contributed by atoms with E-state index in [-0.39, 0.29) is 0 Å². The van der Waals surface area contributed by atoms with Gasteiger partial charge in [0.25, 0.3) is 0 Å². The fourth-order valence-corrected chi connectivity index (χ4v) is 1.71. The minimum Gasteiger partial charge on any atom is -0.478 e. The predicted octanol–water partition coefficient (Wildman–Crippen LogP) is 1.74. The molecule has 1 aliphatic rings. The zero-order valence-corrected chi connectivity index (χ0v) is 7.21. The number of benzene rings is 1. The van der Waals surface area contributed by atoms with Gasteiger partial charge in [0.1, 0.15) is 0 Å². The Labute approximate surface area is 76.4 Å². The summed E-state index contributed by atoms with van der Waals surface area (Å²) in [6.07, 6.45) is 1.88. The summed E-state index contributed by atoms with van der Waals surface area (Å²) in [4.78, 5) is 10.8. The molecule has 0 radical (unpaired) electrons. The van der Waals surface area contributed by atoms with Crippen molar-refractivity contribution in [3.63, 3.8) is 0 Å². The monoisotopic (exact) mass is 177 g/mol. The van der Waals surface area contributed by atoms with Crippen molar-refractivity contribution in [3.8, 4) is 0 Å². The lowest BCUT2D eigenvalue weighted by molar-refractivity contribution is 0.0695. The summed E-state index contributed by atoms with van der Waals surface area (Å²) in [5, 5.41) is 12.1. The van der Waals surface area contributed by atoms with Gasteiger partial charge in [-0.05, 0) is 30.5 Å². The Morgan fingerprint density at radius 1 is 1.46 bits per heavy atom. The summed E-state index contributed by atoms with van der Waals surface area (Å²) < 4.78 is 0. The van der Waals surface area contributed by atoms with Crippen LogP contribution in [0.15, 0.2) is 18.2 Å². The minimum atomic E-state index is -0.833. The molecule has 0 spiro atoms. The number of rotatable bonds is 1. The Hall–Kier alpha value is -1.51. The Bertz CT molecular complexity index is 347. The van der Waals surface area contributed by atoms with E-state index < -0.39 is 5.97 Å². The molecular weight excluding hydrogens is 166 g/mol. The van der Waals surface area contributed by atoms with Gasteiger partial charge in [0, 0.05) is 12.2 Å². The number of aromatic carboxylic acids is 1. The lowest BCUT2D eigenvalue weighted by Crippen LogP contribution is -2.15. The Balaban J connectivity index is 2.52. The topological polar surface area (TPSA) is 49.3 Å². The third-order valence-corrected chi connectivity index (χ3v) is 2.33. The van der Waals surface area contributed by atoms with Gasteiger partial charge in [-0.2, -0.15) is 0 Å². The second kappa shape index (κ2) is 3.09. The highest BCUT2D eigenvalue weighted by molar-refractivity contribution is 5.91. The van der Waals surface area contributed by atoms with Gasteiger partial charge in [0.05, 0.1) is 5.56 Å². The Morgan fingerprint density at radius 2 is 2.31 bits per heavy atom. The van der Waals surface area contributed by atoms with Crippen molar-refractivity contribution >= 4 is 11.7 Å². The second-order valence-electron chi connectivity index (χ2n) is 3.17. The van der Waals surface area contributed by atoms with Gasteiger partial charge in [0.2, 0.25) is 0 Å². The fourth-order valence-electron chi connectivity index (χ4n) is 1.71. The van der Waals surface area contributed by atoms with Gasteiger partial charge in [0.15, 0.2) is 0 Å². The number of hydrogen-bond donors (Lipinski definition) is 2. The predicted molar refractivity (Wildman–Crippen MR) is 50.2 cm³/mol. The number of hydrogen-bond acceptors (Lipinski definition) is 2. The summed E-state index contributed by atoms with van der Waals surface area (Å²) in [5.74, 6) is -0.833. The third-order valence-electron chi connectivity index (χ3n) is 2.33. The smallest absolute Gasteiger partial charge is 0.336 e. The first-order chi connectivity index (χ1) is 6.29. The number of carbonyl (C=O) groups is 1. The van der Waals surface area contributed by atoms with E-state index in [1.54, 1.807) is 12.1 Å². The zero-order chi connectivity index (χ0) is 9.26. The molecule has 0 saturated carbocycles. The normalized spacial score (nSPS) is 14.5. The van der Waals surface area contributed by atoms with Crippen LogP contribution in [0.5, 0.6) is 0 Å². The van der Waals surface area contributed by atoms with E-state index in [2.05, 4.69) is 5.32 Å². The summed E-state index contributed by atoms with van der Waals surface area (Å²) in [5.41, 5.74) is 2.36. The first kappa shape index (κ1) is 8.10. The fraction of sp³-hybridized carbons (Fsp3) is 0.300. The molecule has 0 aromatic heterocycles. The summed E-state index contributed by atoms with van der Waals surface area (Å²) >= 11 is 0. The molecule has 0 aliphatic carbocycles. The average molecular weight is 177 g/mol. The van der Waals surface area contributed by atoms with Gasteiger partial charge < -0.3 is 10.4 Å². The number of carboxylic acid groups (broad SMARTS) is 1. The maximum atomic E-state index is 10.8. The molecule has 0 saturated heterocycles. The number of fused-ring (bicyclic) bond motifs is 1. The zero-order valence-electron chi connectivity index (χ0n) is 7.21. The number of anilines is 1. The number of carboxylic acids is 1. The van der Waals surface area contributed by atoms with Gasteiger partial charge in [-0.1, -0.05) is 6.07 Å². The molecule has 13 heavy (non-hydrogen) atoms. The molecule has 2 rings (SSSR count). The largest absolute Gasteiger partial charge is 0.478 e. The molecule has 1 aliphatic heterocycles. The van der Waals surface area contributed by atoms with Crippen LogP contribution in [-0.4, -0.2) is 17.6 Å². The van der Waals surface area contributed by atoms with Crippen molar-refractivity contribution in [2.45, 2.75) is 12.8 Å². The number of nitrogens with one attached hydrogen (secondary N) is 1. The van der Waals surface area contributed by atoms with Gasteiger partial charge >= 0.3 is 5.97 Å². The van der Waals surface area contributed by atoms with Crippen molar-refractivity contribution < 1.29 is 9.90 Å². The maximum absolute atomic E-state index is 10.8. The summed E-state index contributed by atoms with van der Waals surface area (Å²) in [6, 6.07) is 5.37. The molecule has 1 aromatic carbocycles. The molecule has 2 N–H and O–H groups in total. The van der Waals surface area contributed by atoms with Crippen molar-refractivity contribution in [2.24, 2.45) is 0 Å². The van der Waals surface area contributed by atoms with E-state index in [1.165, 1.54) is 0 Å². The van der Waals surface area contributed by atoms with E-state index in [0.29, 0.717) is 5.56 Å². The third kappa shape index (κ3) is 1.37. The minimum absolute atomic E-state index is 0.435. The highest BCUT2D eigenvalue weighted by Crippen LogP contribution is 2.24. The molecule has 3 nitrogen and oxygen atoms in total. The van der Waals surface area contributed by atoms with Crippen LogP contribution in [0.1, 0.15) is 22.3 Å². The SMILES string of the molecule is O=C(O)c1cccc2c1CCCN2. The van der Waals surface area contributed by atoms with Gasteiger partial charge in [-0.3, -0.25) is 0 Å². The molecule has 3 heteroatoms. The van der Waals surface area contributed by atoms with Crippen LogP contribution in [-0.2, 0) is 6.42 Å². The molecule has 0 unspecified atom stereocenters. The first-order valence-corrected chi connectivity index (χ1v) is 4.38. The van der Waals surface area contributed by atoms with Crippen LogP contribution in [0.3, 0.4) is 0 Å². The van der Waals surface area contributed by atoms with Crippen LogP contribution >= 0.6 is 0 Å². The van der Waals surface area contributed by atoms with Crippen LogP contribution in [0, 0.1) is 0 Å². The van der Waals surface area contributed by atoms with E-state index in [4.69, 9.17) is 5.11 Å². The highest BCUT2D eigenvalue weighted by atomic mass is 16.4. The molecule has 0 atom stereocenters. The maximum Gasteiger partial charge on any atom is 0.336 e. The van der Waals surface area contributed by atoms with E-state index in [1.807, 2.05) is 6.07 Å². The van der Waals surface area contributed by atoms with E-state index >= 15 is 0 Å². The molecule has 0 amide bonds. The molecule has 68 valence electrons. The highest BCUT2D eigenvalue weighted by Gasteiger charge is 2.15. The van der Waals surface area contributed by atoms with Crippen molar-refractivity contribution in [3.05, 3.63) is 29.3 Å². The summed E-state index contributed by atoms with van der Waals surface area (Å²) in [6.45, 7) is 0.941. The van der Waals surface area contributed by atoms with Crippen LogP contribution < -0.4 is 5.32 Å². The van der Waals surface area contributed by atoms with E-state index in [0.717, 1.165) is 30.6 Å². The lowest BCUT2D eigenvalue weighted by Gasteiger charge is -2.19. The average Bonchev–Trinajstić information content (AvgIpc) is 2.17. The standard InChI is InChI=1S/C10H11NO2/c12-10(13)8-3-1-5-9-7(8)4-2-6-11-9/h1,3,5,11H,2,4,6H2,(H,12,13). The second-order valence-corrected chi connectivity index (χ2v) is 3.17. The molecule has 1 aromatic rings. The quantitative estimate of drug-likeness (QED) is 0.687. The molecule has 0 fully saturated rings. The van der Waals surface area contributed by atoms with E-state index in [9.17, 15) is 4.79 Å². The van der Waals surface area contributed by atoms with Crippen LogP contribution in [0.25, 0.3) is 0 Å². The van der Waals surface area contributed by atoms with Crippen LogP contribution in [0.2, 0.25) is 0 Å². The first-order valence-electron chi connectivity index (χ1n) is 4.38. The molecule has 1 heterocycles. The van der Waals surface area contributed by atoms with Crippen molar-refractivity contribution in [2.75, 3.05) is 11.9 Å². The van der Waals surface area contributed by atoms with Crippen LogP contribution in [0.4, 0.5) is 5.69 Å². The van der Waals surface area contributed by atoms with Crippen molar-refractivity contribution in [1.82, 2.24) is 0 Å². The summed E-state index contributed by atoms with van der Waals surface area (Å²) in [7, 11) is 0. The molecular formula is C10H11NO2. The molecule has 0 bridgehead atoms. The lowest BCUT2D eigenvalue weighted by atomic mass is 9.98. The van der Waals surface area contributed by atoms with Crippen molar-refractivity contribution in [1.29, 1.82) is 0 Å². The van der Waals surface area contributed by atoms with Gasteiger partial charge in [-0.15, -0.1) is 0 Å².